The molecule has 0 aliphatic rings. The number of rotatable bonds is 4. The highest BCUT2D eigenvalue weighted by Crippen LogP contribution is 2.41. The largest absolute Gasteiger partial charge is 0.455 e. The summed E-state index contributed by atoms with van der Waals surface area (Å²) >= 11 is 0. The fourth-order valence-electron chi connectivity index (χ4n) is 7.92. The predicted octanol–water partition coefficient (Wildman–Crippen LogP) is 13.1. The number of fused-ring (bicyclic) bond motifs is 9. The Morgan fingerprint density at radius 3 is 1.79 bits per heavy atom. The predicted molar refractivity (Wildman–Crippen MR) is 219 cm³/mol. The normalized spacial score (nSPS) is 11.8. The standard InChI is InChI=1S/C49H29N3O/c1-2-12-34(13-3-1)47-50-48(37-27-23-32-22-25-33-24-21-31-11-6-7-15-38(31)44(33)42(32)29-37)52-49(51-47)41-18-9-19-43-45(41)40-17-8-16-39(46(40)53-43)36-26-20-30-10-4-5-14-35(30)28-36/h1-29H. The van der Waals surface area contributed by atoms with Crippen LogP contribution in [0.5, 0.6) is 0 Å². The molecule has 0 unspecified atom stereocenters. The van der Waals surface area contributed by atoms with Crippen molar-refractivity contribution in [3.8, 4) is 45.3 Å². The van der Waals surface area contributed by atoms with E-state index in [4.69, 9.17) is 19.4 Å². The summed E-state index contributed by atoms with van der Waals surface area (Å²) in [5.41, 5.74) is 6.55. The molecule has 0 aliphatic heterocycles. The van der Waals surface area contributed by atoms with Crippen LogP contribution >= 0.6 is 0 Å². The maximum Gasteiger partial charge on any atom is 0.164 e. The summed E-state index contributed by atoms with van der Waals surface area (Å²) in [5.74, 6) is 1.84. The second kappa shape index (κ2) is 11.7. The summed E-state index contributed by atoms with van der Waals surface area (Å²) in [7, 11) is 0. The van der Waals surface area contributed by atoms with Crippen LogP contribution in [0.2, 0.25) is 0 Å². The van der Waals surface area contributed by atoms with Gasteiger partial charge in [-0.2, -0.15) is 0 Å². The Kier molecular flexibility index (Phi) is 6.52. The van der Waals surface area contributed by atoms with Gasteiger partial charge in [0, 0.05) is 33.0 Å². The van der Waals surface area contributed by atoms with Crippen LogP contribution in [0.15, 0.2) is 180 Å². The van der Waals surface area contributed by atoms with Gasteiger partial charge in [-0.1, -0.05) is 158 Å². The van der Waals surface area contributed by atoms with Crippen LogP contribution in [-0.4, -0.2) is 15.0 Å². The molecule has 2 heterocycles. The molecule has 53 heavy (non-hydrogen) atoms. The number of hydrogen-bond acceptors (Lipinski definition) is 4. The van der Waals surface area contributed by atoms with Crippen molar-refractivity contribution in [2.24, 2.45) is 0 Å². The van der Waals surface area contributed by atoms with E-state index in [2.05, 4.69) is 133 Å². The first-order valence-corrected chi connectivity index (χ1v) is 17.9. The summed E-state index contributed by atoms with van der Waals surface area (Å²) in [6.45, 7) is 0. The number of nitrogens with zero attached hydrogens (tertiary/aromatic N) is 3. The number of para-hydroxylation sites is 1. The fourth-order valence-corrected chi connectivity index (χ4v) is 7.92. The second-order valence-electron chi connectivity index (χ2n) is 13.6. The van der Waals surface area contributed by atoms with E-state index in [9.17, 15) is 0 Å². The van der Waals surface area contributed by atoms with Gasteiger partial charge < -0.3 is 4.42 Å². The van der Waals surface area contributed by atoms with E-state index in [0.29, 0.717) is 17.5 Å². The highest BCUT2D eigenvalue weighted by molar-refractivity contribution is 6.21. The minimum Gasteiger partial charge on any atom is -0.455 e. The van der Waals surface area contributed by atoms with Crippen LogP contribution in [0.1, 0.15) is 0 Å². The van der Waals surface area contributed by atoms with Crippen molar-refractivity contribution in [3.05, 3.63) is 176 Å². The Balaban J connectivity index is 1.14. The Morgan fingerprint density at radius 2 is 0.925 bits per heavy atom. The highest BCUT2D eigenvalue weighted by atomic mass is 16.3. The van der Waals surface area contributed by atoms with Gasteiger partial charge in [-0.05, 0) is 66.9 Å². The molecule has 4 nitrogen and oxygen atoms in total. The van der Waals surface area contributed by atoms with Gasteiger partial charge >= 0.3 is 0 Å². The lowest BCUT2D eigenvalue weighted by Gasteiger charge is -2.11. The van der Waals surface area contributed by atoms with E-state index in [1.165, 1.54) is 43.1 Å². The molecule has 0 fully saturated rings. The Labute approximate surface area is 304 Å². The molecule has 11 aromatic rings. The maximum absolute atomic E-state index is 6.70. The molecule has 0 saturated heterocycles. The zero-order valence-electron chi connectivity index (χ0n) is 28.5. The molecule has 246 valence electrons. The molecular weight excluding hydrogens is 647 g/mol. The number of furan rings is 1. The van der Waals surface area contributed by atoms with E-state index < -0.39 is 0 Å². The molecule has 0 N–H and O–H groups in total. The zero-order chi connectivity index (χ0) is 34.9. The molecule has 0 saturated carbocycles. The third-order valence-electron chi connectivity index (χ3n) is 10.5. The van der Waals surface area contributed by atoms with Crippen LogP contribution in [0.4, 0.5) is 0 Å². The van der Waals surface area contributed by atoms with Gasteiger partial charge in [0.15, 0.2) is 17.5 Å². The summed E-state index contributed by atoms with van der Waals surface area (Å²) in [6, 6.07) is 61.6. The molecule has 11 rings (SSSR count). The lowest BCUT2D eigenvalue weighted by atomic mass is 9.95. The van der Waals surface area contributed by atoms with Crippen molar-refractivity contribution in [2.45, 2.75) is 0 Å². The Hall–Kier alpha value is -7.17. The highest BCUT2D eigenvalue weighted by Gasteiger charge is 2.20. The van der Waals surface area contributed by atoms with Crippen molar-refractivity contribution in [1.29, 1.82) is 0 Å². The molecular formula is C49H29N3O. The average molecular weight is 676 g/mol. The van der Waals surface area contributed by atoms with Crippen molar-refractivity contribution >= 4 is 65.0 Å². The summed E-state index contributed by atoms with van der Waals surface area (Å²) in [6.07, 6.45) is 0. The first-order chi connectivity index (χ1) is 26.2. The van der Waals surface area contributed by atoms with Crippen molar-refractivity contribution in [3.63, 3.8) is 0 Å². The molecule has 4 heteroatoms. The van der Waals surface area contributed by atoms with Crippen LogP contribution in [0, 0.1) is 0 Å². The maximum atomic E-state index is 6.70. The number of hydrogen-bond donors (Lipinski definition) is 0. The van der Waals surface area contributed by atoms with Gasteiger partial charge in [-0.15, -0.1) is 0 Å². The molecule has 2 aromatic heterocycles. The minimum atomic E-state index is 0.599. The third-order valence-corrected chi connectivity index (χ3v) is 10.5. The van der Waals surface area contributed by atoms with Crippen LogP contribution in [0.3, 0.4) is 0 Å². The fraction of sp³-hybridized carbons (Fsp3) is 0. The monoisotopic (exact) mass is 675 g/mol. The lowest BCUT2D eigenvalue weighted by molar-refractivity contribution is 0.670. The van der Waals surface area contributed by atoms with Crippen molar-refractivity contribution in [2.75, 3.05) is 0 Å². The quantitative estimate of drug-likeness (QED) is 0.174. The smallest absolute Gasteiger partial charge is 0.164 e. The SMILES string of the molecule is c1ccc(-c2nc(-c3ccc4ccc5ccc6ccccc6c5c4c3)nc(-c3cccc4oc5c(-c6ccc7ccccc7c6)cccc5c34)n2)cc1. The third kappa shape index (κ3) is 4.80. The number of benzene rings is 9. The zero-order valence-corrected chi connectivity index (χ0v) is 28.5. The molecule has 9 aromatic carbocycles. The summed E-state index contributed by atoms with van der Waals surface area (Å²) in [5, 5.41) is 11.6. The minimum absolute atomic E-state index is 0.599. The van der Waals surface area contributed by atoms with Crippen LogP contribution < -0.4 is 0 Å². The van der Waals surface area contributed by atoms with Gasteiger partial charge in [0.25, 0.3) is 0 Å². The molecule has 0 atom stereocenters. The molecule has 0 bridgehead atoms. The molecule has 0 amide bonds. The van der Waals surface area contributed by atoms with E-state index in [0.717, 1.165) is 49.8 Å². The molecule has 0 spiro atoms. The Morgan fingerprint density at radius 1 is 0.321 bits per heavy atom. The first kappa shape index (κ1) is 29.5. The van der Waals surface area contributed by atoms with Gasteiger partial charge in [0.05, 0.1) is 0 Å². The lowest BCUT2D eigenvalue weighted by Crippen LogP contribution is -2.00. The van der Waals surface area contributed by atoms with Gasteiger partial charge in [-0.3, -0.25) is 0 Å². The molecule has 0 radical (unpaired) electrons. The summed E-state index contributed by atoms with van der Waals surface area (Å²) in [4.78, 5) is 15.5. The van der Waals surface area contributed by atoms with E-state index in [-0.39, 0.29) is 0 Å². The second-order valence-corrected chi connectivity index (χ2v) is 13.6. The topological polar surface area (TPSA) is 51.8 Å². The molecule has 0 aliphatic carbocycles. The summed E-state index contributed by atoms with van der Waals surface area (Å²) < 4.78 is 6.70. The van der Waals surface area contributed by atoms with Crippen LogP contribution in [0.25, 0.3) is 110 Å². The Bertz CT molecular complexity index is 3230. The van der Waals surface area contributed by atoms with Gasteiger partial charge in [0.2, 0.25) is 0 Å². The van der Waals surface area contributed by atoms with E-state index in [1.807, 2.05) is 42.5 Å². The number of aromatic nitrogens is 3. The van der Waals surface area contributed by atoms with Gasteiger partial charge in [-0.25, -0.2) is 15.0 Å². The average Bonchev–Trinajstić information content (AvgIpc) is 3.62. The van der Waals surface area contributed by atoms with E-state index >= 15 is 0 Å². The first-order valence-electron chi connectivity index (χ1n) is 17.9. The van der Waals surface area contributed by atoms with Crippen LogP contribution in [-0.2, 0) is 0 Å². The van der Waals surface area contributed by atoms with Crippen molar-refractivity contribution < 1.29 is 4.42 Å². The van der Waals surface area contributed by atoms with Crippen molar-refractivity contribution in [1.82, 2.24) is 15.0 Å². The van der Waals surface area contributed by atoms with E-state index in [1.54, 1.807) is 0 Å². The van der Waals surface area contributed by atoms with Gasteiger partial charge in [0.1, 0.15) is 11.2 Å².